The quantitative estimate of drug-likeness (QED) is 0.780. The van der Waals surface area contributed by atoms with Crippen LogP contribution in [0, 0.1) is 5.82 Å². The van der Waals surface area contributed by atoms with Crippen molar-refractivity contribution < 1.29 is 8.91 Å². The number of hydrogen-bond acceptors (Lipinski definition) is 6. The van der Waals surface area contributed by atoms with Crippen molar-refractivity contribution in [3.8, 4) is 0 Å². The Labute approximate surface area is 147 Å². The smallest absolute Gasteiger partial charge is 0.251 e. The second kappa shape index (κ2) is 6.75. The van der Waals surface area contributed by atoms with Crippen molar-refractivity contribution in [1.82, 2.24) is 20.1 Å². The Morgan fingerprint density at radius 2 is 2.12 bits per heavy atom. The van der Waals surface area contributed by atoms with Crippen molar-refractivity contribution in [2.45, 2.75) is 13.0 Å². The van der Waals surface area contributed by atoms with Gasteiger partial charge >= 0.3 is 0 Å². The van der Waals surface area contributed by atoms with Gasteiger partial charge in [0.15, 0.2) is 5.82 Å². The molecule has 0 spiro atoms. The van der Waals surface area contributed by atoms with Gasteiger partial charge in [0.1, 0.15) is 23.5 Å². The monoisotopic (exact) mass is 351 g/mol. The number of allylic oxidation sites excluding steroid dienone is 1. The molecule has 1 N–H and O–H groups in total. The van der Waals surface area contributed by atoms with E-state index in [1.165, 1.54) is 24.6 Å². The van der Waals surface area contributed by atoms with Crippen LogP contribution in [0.4, 0.5) is 4.39 Å². The Kier molecular flexibility index (Phi) is 4.14. The lowest BCUT2D eigenvalue weighted by Gasteiger charge is -2.26. The molecule has 26 heavy (non-hydrogen) atoms. The van der Waals surface area contributed by atoms with Gasteiger partial charge in [-0.2, -0.15) is 5.10 Å². The van der Waals surface area contributed by atoms with Gasteiger partial charge in [-0.15, -0.1) is 0 Å². The minimum Gasteiger partial charge on any atom is -0.364 e. The van der Waals surface area contributed by atoms with Crippen LogP contribution in [0.5, 0.6) is 0 Å². The zero-order valence-corrected chi connectivity index (χ0v) is 13.6. The molecule has 1 aliphatic heterocycles. The number of hydrazone groups is 1. The van der Waals surface area contributed by atoms with E-state index in [4.69, 9.17) is 4.52 Å². The van der Waals surface area contributed by atoms with Crippen molar-refractivity contribution in [2.75, 3.05) is 0 Å². The normalized spacial score (nSPS) is 14.1. The summed E-state index contributed by atoms with van der Waals surface area (Å²) in [6, 6.07) is 9.55. The fourth-order valence-corrected chi connectivity index (χ4v) is 2.69. The molecule has 7 nitrogen and oxygen atoms in total. The molecule has 0 fully saturated rings. The topological polar surface area (TPSA) is 87.4 Å². The largest absolute Gasteiger partial charge is 0.364 e. The van der Waals surface area contributed by atoms with Gasteiger partial charge in [-0.3, -0.25) is 9.80 Å². The van der Waals surface area contributed by atoms with Gasteiger partial charge < -0.3 is 9.51 Å². The van der Waals surface area contributed by atoms with Gasteiger partial charge in [-0.25, -0.2) is 9.37 Å². The highest BCUT2D eigenvalue weighted by molar-refractivity contribution is 6.00. The Balaban J connectivity index is 1.72. The van der Waals surface area contributed by atoms with Crippen LogP contribution in [0.2, 0.25) is 0 Å². The zero-order chi connectivity index (χ0) is 17.9. The van der Waals surface area contributed by atoms with Crippen LogP contribution >= 0.6 is 0 Å². The molecule has 0 radical (unpaired) electrons. The number of nitrogens with zero attached hydrogens (tertiary/aromatic N) is 4. The molecule has 0 saturated carbocycles. The van der Waals surface area contributed by atoms with Gasteiger partial charge in [0.2, 0.25) is 0 Å². The lowest BCUT2D eigenvalue weighted by atomic mass is 10.1. The van der Waals surface area contributed by atoms with E-state index in [0.717, 1.165) is 0 Å². The van der Waals surface area contributed by atoms with Gasteiger partial charge in [0.25, 0.3) is 5.56 Å². The van der Waals surface area contributed by atoms with Gasteiger partial charge in [-0.05, 0) is 6.07 Å². The first-order valence-electron chi connectivity index (χ1n) is 7.96. The molecule has 130 valence electrons. The lowest BCUT2D eigenvalue weighted by molar-refractivity contribution is 0.384. The molecule has 8 heteroatoms. The number of hydrogen-bond donors (Lipinski definition) is 1. The van der Waals surface area contributed by atoms with E-state index in [1.807, 2.05) is 6.08 Å². The highest BCUT2D eigenvalue weighted by Crippen LogP contribution is 2.26. The first kappa shape index (κ1) is 15.9. The van der Waals surface area contributed by atoms with Crippen molar-refractivity contribution in [3.63, 3.8) is 0 Å². The van der Waals surface area contributed by atoms with Crippen LogP contribution in [0.3, 0.4) is 0 Å². The van der Waals surface area contributed by atoms with Crippen molar-refractivity contribution in [2.24, 2.45) is 5.10 Å². The molecule has 3 heterocycles. The van der Waals surface area contributed by atoms with Gasteiger partial charge in [-0.1, -0.05) is 29.4 Å². The Hall–Kier alpha value is -3.55. The highest BCUT2D eigenvalue weighted by Gasteiger charge is 2.22. The molecule has 4 rings (SSSR count). The van der Waals surface area contributed by atoms with Crippen LogP contribution in [-0.4, -0.2) is 25.8 Å². The fraction of sp³-hybridized carbons (Fsp3) is 0.111. The number of benzene rings is 1. The highest BCUT2D eigenvalue weighted by atomic mass is 19.1. The summed E-state index contributed by atoms with van der Waals surface area (Å²) in [5.74, 6) is 0.0621. The Bertz CT molecular complexity index is 1040. The van der Waals surface area contributed by atoms with Crippen LogP contribution < -0.4 is 5.56 Å². The Morgan fingerprint density at radius 3 is 2.88 bits per heavy atom. The van der Waals surface area contributed by atoms with E-state index < -0.39 is 0 Å². The third kappa shape index (κ3) is 3.16. The SMILES string of the molecule is O=c1ccnc(C2=NN(Cc3ccccc3F)C(c3ccon3)=CC2)[nH]1. The molecule has 0 bridgehead atoms. The molecular formula is C18H14FN5O2. The molecule has 1 aliphatic rings. The molecular weight excluding hydrogens is 337 g/mol. The standard InChI is InChI=1S/C18H14FN5O2/c19-13-4-2-1-3-12(13)11-24-16(14-8-10-26-23-14)6-5-15(22-24)18-20-9-7-17(25)21-18/h1-4,6-10H,5,11H2,(H,20,21,25). The summed E-state index contributed by atoms with van der Waals surface area (Å²) >= 11 is 0. The number of nitrogens with one attached hydrogen (secondary N) is 1. The number of H-pyrrole nitrogens is 1. The van der Waals surface area contributed by atoms with Crippen LogP contribution in [0.15, 0.2) is 69.4 Å². The predicted molar refractivity (Wildman–Crippen MR) is 92.4 cm³/mol. The van der Waals surface area contributed by atoms with E-state index in [9.17, 15) is 9.18 Å². The van der Waals surface area contributed by atoms with Crippen molar-refractivity contribution in [3.05, 3.63) is 88.2 Å². The molecule has 0 saturated heterocycles. The van der Waals surface area contributed by atoms with Crippen molar-refractivity contribution >= 4 is 11.4 Å². The van der Waals surface area contributed by atoms with E-state index in [1.54, 1.807) is 29.3 Å². The lowest BCUT2D eigenvalue weighted by Crippen LogP contribution is -2.25. The van der Waals surface area contributed by atoms with E-state index >= 15 is 0 Å². The minimum absolute atomic E-state index is 0.200. The Morgan fingerprint density at radius 1 is 1.23 bits per heavy atom. The van der Waals surface area contributed by atoms with Crippen LogP contribution in [-0.2, 0) is 6.54 Å². The molecule has 0 atom stereocenters. The van der Waals surface area contributed by atoms with E-state index in [0.29, 0.717) is 34.9 Å². The predicted octanol–water partition coefficient (Wildman–Crippen LogP) is 2.55. The van der Waals surface area contributed by atoms with Crippen LogP contribution in [0.25, 0.3) is 5.70 Å². The maximum atomic E-state index is 14.1. The summed E-state index contributed by atoms with van der Waals surface area (Å²) in [5, 5.41) is 10.1. The number of halogens is 1. The second-order valence-corrected chi connectivity index (χ2v) is 5.66. The van der Waals surface area contributed by atoms with E-state index in [-0.39, 0.29) is 17.9 Å². The number of rotatable bonds is 4. The zero-order valence-electron chi connectivity index (χ0n) is 13.6. The maximum absolute atomic E-state index is 14.1. The maximum Gasteiger partial charge on any atom is 0.251 e. The number of aromatic amines is 1. The third-order valence-electron chi connectivity index (χ3n) is 3.93. The first-order valence-corrected chi connectivity index (χ1v) is 7.96. The first-order chi connectivity index (χ1) is 12.7. The summed E-state index contributed by atoms with van der Waals surface area (Å²) < 4.78 is 19.0. The second-order valence-electron chi connectivity index (χ2n) is 5.66. The van der Waals surface area contributed by atoms with Crippen LogP contribution in [0.1, 0.15) is 23.5 Å². The summed E-state index contributed by atoms with van der Waals surface area (Å²) in [7, 11) is 0. The average molecular weight is 351 g/mol. The summed E-state index contributed by atoms with van der Waals surface area (Å²) in [5.41, 5.74) is 2.10. The summed E-state index contributed by atoms with van der Waals surface area (Å²) in [6.07, 6.45) is 5.23. The molecule has 0 unspecified atom stereocenters. The number of aromatic nitrogens is 3. The molecule has 2 aromatic heterocycles. The van der Waals surface area contributed by atoms with E-state index in [2.05, 4.69) is 20.2 Å². The third-order valence-corrected chi connectivity index (χ3v) is 3.93. The molecule has 0 amide bonds. The fourth-order valence-electron chi connectivity index (χ4n) is 2.69. The average Bonchev–Trinajstić information content (AvgIpc) is 3.18. The van der Waals surface area contributed by atoms with Gasteiger partial charge in [0, 0.05) is 30.3 Å². The molecule has 0 aliphatic carbocycles. The van der Waals surface area contributed by atoms with Crippen molar-refractivity contribution in [1.29, 1.82) is 0 Å². The molecule has 3 aromatic rings. The summed E-state index contributed by atoms with van der Waals surface area (Å²) in [4.78, 5) is 18.4. The molecule has 1 aromatic carbocycles. The summed E-state index contributed by atoms with van der Waals surface area (Å²) in [6.45, 7) is 0.200. The minimum atomic E-state index is -0.319. The van der Waals surface area contributed by atoms with Gasteiger partial charge in [0.05, 0.1) is 12.2 Å².